The molecular weight excluding hydrogens is 377 g/mol. The second-order valence-electron chi connectivity index (χ2n) is 5.80. The van der Waals surface area contributed by atoms with Crippen LogP contribution in [0.25, 0.3) is 0 Å². The van der Waals surface area contributed by atoms with Crippen LogP contribution < -0.4 is 16.0 Å². The van der Waals surface area contributed by atoms with Crippen LogP contribution in [0.5, 0.6) is 0 Å². The van der Waals surface area contributed by atoms with Gasteiger partial charge in [-0.15, -0.1) is 22.0 Å². The number of benzene rings is 1. The SMILES string of the molecule is Cc1nnc(NC(=O)CC2CC(=O)NC(SCc3ccccc3F)N2)s1. The van der Waals surface area contributed by atoms with Gasteiger partial charge >= 0.3 is 0 Å². The highest BCUT2D eigenvalue weighted by Crippen LogP contribution is 2.21. The number of halogens is 1. The van der Waals surface area contributed by atoms with Gasteiger partial charge in [0.2, 0.25) is 16.9 Å². The van der Waals surface area contributed by atoms with Gasteiger partial charge in [-0.1, -0.05) is 29.5 Å². The molecule has 1 fully saturated rings. The molecule has 2 unspecified atom stereocenters. The number of nitrogens with zero attached hydrogens (tertiary/aromatic N) is 2. The minimum absolute atomic E-state index is 0.139. The average molecular weight is 395 g/mol. The van der Waals surface area contributed by atoms with Crippen LogP contribution in [0, 0.1) is 12.7 Å². The second kappa shape index (κ2) is 8.56. The van der Waals surface area contributed by atoms with Gasteiger partial charge in [-0.2, -0.15) is 0 Å². The lowest BCUT2D eigenvalue weighted by molar-refractivity contribution is -0.124. The van der Waals surface area contributed by atoms with Gasteiger partial charge in [0.25, 0.3) is 0 Å². The van der Waals surface area contributed by atoms with E-state index in [1.807, 2.05) is 0 Å². The Hall–Kier alpha value is -2.04. The van der Waals surface area contributed by atoms with E-state index in [1.165, 1.54) is 29.2 Å². The van der Waals surface area contributed by atoms with Crippen molar-refractivity contribution < 1.29 is 14.0 Å². The Bertz CT molecular complexity index is 800. The number of anilines is 1. The van der Waals surface area contributed by atoms with Crippen LogP contribution in [0.1, 0.15) is 23.4 Å². The summed E-state index contributed by atoms with van der Waals surface area (Å²) in [4.78, 5) is 24.0. The third-order valence-electron chi connectivity index (χ3n) is 3.68. The Morgan fingerprint density at radius 3 is 2.96 bits per heavy atom. The van der Waals surface area contributed by atoms with Gasteiger partial charge in [0.15, 0.2) is 0 Å². The number of carbonyl (C=O) groups excluding carboxylic acids is 2. The molecule has 1 aliphatic heterocycles. The first-order chi connectivity index (χ1) is 12.5. The number of nitrogens with one attached hydrogen (secondary N) is 3. The van der Waals surface area contributed by atoms with E-state index in [9.17, 15) is 14.0 Å². The second-order valence-corrected chi connectivity index (χ2v) is 8.07. The number of hydrogen-bond acceptors (Lipinski definition) is 7. The molecule has 0 bridgehead atoms. The molecule has 2 atom stereocenters. The highest BCUT2D eigenvalue weighted by Gasteiger charge is 2.28. The van der Waals surface area contributed by atoms with Gasteiger partial charge in [-0.05, 0) is 18.6 Å². The third kappa shape index (κ3) is 5.23. The van der Waals surface area contributed by atoms with E-state index in [-0.39, 0.29) is 42.0 Å². The lowest BCUT2D eigenvalue weighted by Crippen LogP contribution is -2.55. The molecule has 0 radical (unpaired) electrons. The maximum absolute atomic E-state index is 13.7. The molecule has 2 amide bonds. The summed E-state index contributed by atoms with van der Waals surface area (Å²) in [6, 6.07) is 6.23. The molecule has 10 heteroatoms. The Labute approximate surface area is 158 Å². The predicted molar refractivity (Wildman–Crippen MR) is 99.1 cm³/mol. The Morgan fingerprint density at radius 1 is 1.42 bits per heavy atom. The van der Waals surface area contributed by atoms with E-state index >= 15 is 0 Å². The van der Waals surface area contributed by atoms with Crippen molar-refractivity contribution in [3.05, 3.63) is 40.7 Å². The number of carbonyl (C=O) groups is 2. The molecular formula is C16H18FN5O2S2. The minimum atomic E-state index is -0.377. The van der Waals surface area contributed by atoms with Crippen LogP contribution >= 0.6 is 23.1 Å². The zero-order chi connectivity index (χ0) is 18.5. The van der Waals surface area contributed by atoms with Crippen molar-refractivity contribution in [1.82, 2.24) is 20.8 Å². The monoisotopic (exact) mass is 395 g/mol. The number of thioether (sulfide) groups is 1. The van der Waals surface area contributed by atoms with Crippen LogP contribution in [0.15, 0.2) is 24.3 Å². The van der Waals surface area contributed by atoms with Crippen LogP contribution in [-0.2, 0) is 15.3 Å². The molecule has 1 aromatic heterocycles. The van der Waals surface area contributed by atoms with Gasteiger partial charge in [0, 0.05) is 24.6 Å². The van der Waals surface area contributed by atoms with Gasteiger partial charge in [0.1, 0.15) is 16.3 Å². The van der Waals surface area contributed by atoms with E-state index in [0.29, 0.717) is 16.4 Å². The summed E-state index contributed by atoms with van der Waals surface area (Å²) >= 11 is 2.66. The summed E-state index contributed by atoms with van der Waals surface area (Å²) < 4.78 is 13.7. The van der Waals surface area contributed by atoms with Crippen molar-refractivity contribution in [2.45, 2.75) is 37.1 Å². The lowest BCUT2D eigenvalue weighted by Gasteiger charge is -2.30. The summed E-state index contributed by atoms with van der Waals surface area (Å²) in [5.41, 5.74) is 0.192. The summed E-state index contributed by atoms with van der Waals surface area (Å²) in [5.74, 6) is -0.232. The average Bonchev–Trinajstić information content (AvgIpc) is 2.98. The van der Waals surface area contributed by atoms with E-state index < -0.39 is 0 Å². The molecule has 2 heterocycles. The first kappa shape index (κ1) is 18.7. The van der Waals surface area contributed by atoms with Crippen molar-refractivity contribution in [1.29, 1.82) is 0 Å². The Morgan fingerprint density at radius 2 is 2.23 bits per heavy atom. The van der Waals surface area contributed by atoms with E-state index in [2.05, 4.69) is 26.1 Å². The largest absolute Gasteiger partial charge is 0.332 e. The first-order valence-electron chi connectivity index (χ1n) is 8.00. The fraction of sp³-hybridized carbons (Fsp3) is 0.375. The van der Waals surface area contributed by atoms with Crippen LogP contribution in [0.4, 0.5) is 9.52 Å². The molecule has 138 valence electrons. The quantitative estimate of drug-likeness (QED) is 0.693. The summed E-state index contributed by atoms with van der Waals surface area (Å²) in [6.45, 7) is 1.80. The Kier molecular flexibility index (Phi) is 6.17. The fourth-order valence-corrected chi connectivity index (χ4v) is 4.19. The maximum Gasteiger partial charge on any atom is 0.227 e. The van der Waals surface area contributed by atoms with Crippen LogP contribution in [0.2, 0.25) is 0 Å². The lowest BCUT2D eigenvalue weighted by atomic mass is 10.1. The number of amides is 2. The van der Waals surface area contributed by atoms with Gasteiger partial charge in [-0.3, -0.25) is 14.9 Å². The highest BCUT2D eigenvalue weighted by atomic mass is 32.2. The van der Waals surface area contributed by atoms with Crippen molar-refractivity contribution >= 4 is 40.0 Å². The van der Waals surface area contributed by atoms with E-state index in [1.54, 1.807) is 25.1 Å². The molecule has 3 rings (SSSR count). The van der Waals surface area contributed by atoms with Crippen molar-refractivity contribution in [2.75, 3.05) is 5.32 Å². The van der Waals surface area contributed by atoms with Crippen molar-refractivity contribution in [2.24, 2.45) is 0 Å². The molecule has 1 aromatic carbocycles. The molecule has 26 heavy (non-hydrogen) atoms. The summed E-state index contributed by atoms with van der Waals surface area (Å²) in [7, 11) is 0. The van der Waals surface area contributed by atoms with Crippen LogP contribution in [-0.4, -0.2) is 33.6 Å². The van der Waals surface area contributed by atoms with Gasteiger partial charge < -0.3 is 10.6 Å². The molecule has 1 saturated heterocycles. The molecule has 1 aliphatic rings. The number of aryl methyl sites for hydroxylation is 1. The maximum atomic E-state index is 13.7. The molecule has 0 saturated carbocycles. The smallest absolute Gasteiger partial charge is 0.227 e. The number of hydrogen-bond donors (Lipinski definition) is 3. The Balaban J connectivity index is 1.51. The minimum Gasteiger partial charge on any atom is -0.332 e. The summed E-state index contributed by atoms with van der Waals surface area (Å²) in [5, 5.41) is 17.6. The van der Waals surface area contributed by atoms with Crippen LogP contribution in [0.3, 0.4) is 0 Å². The van der Waals surface area contributed by atoms with Crippen molar-refractivity contribution in [3.63, 3.8) is 0 Å². The van der Waals surface area contributed by atoms with E-state index in [4.69, 9.17) is 0 Å². The normalized spacial score (nSPS) is 19.8. The molecule has 2 aromatic rings. The predicted octanol–water partition coefficient (Wildman–Crippen LogP) is 2.01. The molecule has 7 nitrogen and oxygen atoms in total. The topological polar surface area (TPSA) is 96.0 Å². The summed E-state index contributed by atoms with van der Waals surface area (Å²) in [6.07, 6.45) is 0.349. The number of rotatable bonds is 6. The first-order valence-corrected chi connectivity index (χ1v) is 9.86. The zero-order valence-corrected chi connectivity index (χ0v) is 15.6. The fourth-order valence-electron chi connectivity index (χ4n) is 2.49. The zero-order valence-electron chi connectivity index (χ0n) is 14.0. The van der Waals surface area contributed by atoms with E-state index in [0.717, 1.165) is 5.01 Å². The number of aromatic nitrogens is 2. The molecule has 0 spiro atoms. The molecule has 3 N–H and O–H groups in total. The van der Waals surface area contributed by atoms with Crippen molar-refractivity contribution in [3.8, 4) is 0 Å². The standard InChI is InChI=1S/C16H18FN5O2S2/c1-9-21-22-16(26-9)20-14(24)7-11-6-13(23)19-15(18-11)25-8-10-4-2-3-5-12(10)17/h2-5,11,15,18H,6-8H2,1H3,(H,19,23)(H,20,22,24). The molecule has 0 aliphatic carbocycles. The third-order valence-corrected chi connectivity index (χ3v) is 5.50. The van der Waals surface area contributed by atoms with Gasteiger partial charge in [0.05, 0.1) is 0 Å². The van der Waals surface area contributed by atoms with Gasteiger partial charge in [-0.25, -0.2) is 4.39 Å². The highest BCUT2D eigenvalue weighted by molar-refractivity contribution is 7.99.